The van der Waals surface area contributed by atoms with Gasteiger partial charge in [-0.25, -0.2) is 0 Å². The van der Waals surface area contributed by atoms with E-state index in [4.69, 9.17) is 4.74 Å². The summed E-state index contributed by atoms with van der Waals surface area (Å²) in [6.07, 6.45) is -0.518. The summed E-state index contributed by atoms with van der Waals surface area (Å²) in [5, 5.41) is 12.9. The van der Waals surface area contributed by atoms with Crippen LogP contribution in [0.1, 0.15) is 10.4 Å². The number of β-amino-alcohol motifs (C(OH)–C–C–N with tert-alkyl or cyclic N) is 1. The molecule has 1 aliphatic heterocycles. The second kappa shape index (κ2) is 5.90. The monoisotopic (exact) mass is 328 g/mol. The number of rotatable bonds is 3. The topological polar surface area (TPSA) is 61.8 Å². The molecule has 0 unspecified atom stereocenters. The molecule has 1 heterocycles. The van der Waals surface area contributed by atoms with Crippen LogP contribution in [0.4, 0.5) is 0 Å². The van der Waals surface area contributed by atoms with Crippen molar-refractivity contribution < 1.29 is 14.6 Å². The van der Waals surface area contributed by atoms with Crippen LogP contribution in [0.5, 0.6) is 5.75 Å². The first-order valence-electron chi connectivity index (χ1n) is 6.04. The van der Waals surface area contributed by atoms with E-state index in [0.717, 1.165) is 4.47 Å². The third-order valence-corrected chi connectivity index (χ3v) is 3.99. The average molecular weight is 329 g/mol. The van der Waals surface area contributed by atoms with Crippen LogP contribution in [-0.2, 0) is 0 Å². The molecule has 1 amide bonds. The Hall–Kier alpha value is -1.11. The third kappa shape index (κ3) is 2.91. The summed E-state index contributed by atoms with van der Waals surface area (Å²) in [6.45, 7) is 1.13. The molecule has 104 valence electrons. The summed E-state index contributed by atoms with van der Waals surface area (Å²) in [5.74, 6) is 0.567. The minimum Gasteiger partial charge on any atom is -0.496 e. The number of benzene rings is 1. The van der Waals surface area contributed by atoms with E-state index in [1.165, 1.54) is 0 Å². The van der Waals surface area contributed by atoms with Crippen molar-refractivity contribution in [1.82, 2.24) is 10.2 Å². The Kier molecular flexibility index (Phi) is 4.44. The molecule has 1 aliphatic rings. The average Bonchev–Trinajstić information content (AvgIpc) is 2.83. The lowest BCUT2D eigenvalue weighted by Gasteiger charge is -2.26. The van der Waals surface area contributed by atoms with Crippen molar-refractivity contribution >= 4 is 21.8 Å². The second-order valence-electron chi connectivity index (χ2n) is 4.56. The summed E-state index contributed by atoms with van der Waals surface area (Å²) in [6, 6.07) is 5.01. The van der Waals surface area contributed by atoms with E-state index in [1.54, 1.807) is 37.3 Å². The molecule has 2 N–H and O–H groups in total. The molecular weight excluding hydrogens is 312 g/mol. The van der Waals surface area contributed by atoms with E-state index < -0.39 is 6.10 Å². The van der Waals surface area contributed by atoms with Crippen molar-refractivity contribution in [1.29, 1.82) is 0 Å². The largest absolute Gasteiger partial charge is 0.496 e. The number of likely N-dealkylation sites (N-methyl/N-ethyl adjacent to an activating group) is 1. The van der Waals surface area contributed by atoms with Crippen LogP contribution >= 0.6 is 15.9 Å². The molecule has 1 saturated heterocycles. The number of aliphatic hydroxyl groups is 1. The van der Waals surface area contributed by atoms with Crippen molar-refractivity contribution in [2.75, 3.05) is 27.2 Å². The number of amides is 1. The molecule has 0 radical (unpaired) electrons. The van der Waals surface area contributed by atoms with Crippen molar-refractivity contribution in [2.45, 2.75) is 12.1 Å². The molecule has 5 nitrogen and oxygen atoms in total. The Balaban J connectivity index is 2.17. The summed E-state index contributed by atoms with van der Waals surface area (Å²) in [5.41, 5.74) is 0.564. The highest BCUT2D eigenvalue weighted by molar-refractivity contribution is 9.10. The fraction of sp³-hybridized carbons (Fsp3) is 0.462. The van der Waals surface area contributed by atoms with Gasteiger partial charge in [-0.3, -0.25) is 4.79 Å². The zero-order valence-corrected chi connectivity index (χ0v) is 12.5. The maximum Gasteiger partial charge on any atom is 0.254 e. The molecule has 0 aliphatic carbocycles. The predicted molar refractivity (Wildman–Crippen MR) is 75.5 cm³/mol. The van der Waals surface area contributed by atoms with E-state index in [0.29, 0.717) is 24.4 Å². The number of nitrogens with zero attached hydrogens (tertiary/aromatic N) is 1. The van der Waals surface area contributed by atoms with Gasteiger partial charge in [0.25, 0.3) is 5.91 Å². The zero-order chi connectivity index (χ0) is 14.0. The highest BCUT2D eigenvalue weighted by atomic mass is 79.9. The van der Waals surface area contributed by atoms with Gasteiger partial charge < -0.3 is 20.1 Å². The minimum atomic E-state index is -0.518. The molecule has 1 aromatic carbocycles. The highest BCUT2D eigenvalue weighted by Crippen LogP contribution is 2.26. The maximum atomic E-state index is 12.4. The van der Waals surface area contributed by atoms with Crippen LogP contribution in [0.3, 0.4) is 0 Å². The van der Waals surface area contributed by atoms with Crippen LogP contribution < -0.4 is 10.1 Å². The number of ether oxygens (including phenoxy) is 1. The van der Waals surface area contributed by atoms with E-state index in [-0.39, 0.29) is 11.9 Å². The van der Waals surface area contributed by atoms with Gasteiger partial charge >= 0.3 is 0 Å². The number of methoxy groups -OCH3 is 1. The van der Waals surface area contributed by atoms with Gasteiger partial charge in [-0.15, -0.1) is 0 Å². The summed E-state index contributed by atoms with van der Waals surface area (Å²) < 4.78 is 5.87. The van der Waals surface area contributed by atoms with Gasteiger partial charge in [-0.1, -0.05) is 0 Å². The molecule has 1 aromatic rings. The molecule has 0 bridgehead atoms. The van der Waals surface area contributed by atoms with E-state index >= 15 is 0 Å². The lowest BCUT2D eigenvalue weighted by Crippen LogP contribution is -2.44. The summed E-state index contributed by atoms with van der Waals surface area (Å²) in [4.78, 5) is 13.9. The third-order valence-electron chi connectivity index (χ3n) is 3.37. The Morgan fingerprint density at radius 1 is 1.53 bits per heavy atom. The molecule has 2 atom stereocenters. The smallest absolute Gasteiger partial charge is 0.254 e. The van der Waals surface area contributed by atoms with Crippen molar-refractivity contribution in [3.05, 3.63) is 28.2 Å². The van der Waals surface area contributed by atoms with Crippen LogP contribution in [0, 0.1) is 0 Å². The summed E-state index contributed by atoms with van der Waals surface area (Å²) in [7, 11) is 3.29. The molecule has 6 heteroatoms. The molecular formula is C13H17BrN2O3. The van der Waals surface area contributed by atoms with Gasteiger partial charge in [0.05, 0.1) is 23.7 Å². The van der Waals surface area contributed by atoms with Crippen LogP contribution in [0.25, 0.3) is 0 Å². The summed E-state index contributed by atoms with van der Waals surface area (Å²) >= 11 is 3.36. The van der Waals surface area contributed by atoms with Gasteiger partial charge in [0.2, 0.25) is 0 Å². The normalized spacial score (nSPS) is 22.3. The number of nitrogens with one attached hydrogen (secondary N) is 1. The first-order chi connectivity index (χ1) is 9.04. The lowest BCUT2D eigenvalue weighted by atomic mass is 10.1. The van der Waals surface area contributed by atoms with Crippen LogP contribution in [0.2, 0.25) is 0 Å². The second-order valence-corrected chi connectivity index (χ2v) is 5.41. The lowest BCUT2D eigenvalue weighted by molar-refractivity contribution is 0.0581. The van der Waals surface area contributed by atoms with E-state index in [9.17, 15) is 9.90 Å². The first-order valence-corrected chi connectivity index (χ1v) is 6.83. The molecule has 1 fully saturated rings. The van der Waals surface area contributed by atoms with Gasteiger partial charge in [0.15, 0.2) is 0 Å². The Bertz CT molecular complexity index is 481. The fourth-order valence-electron chi connectivity index (χ4n) is 2.20. The van der Waals surface area contributed by atoms with Gasteiger partial charge in [0, 0.05) is 25.7 Å². The first kappa shape index (κ1) is 14.3. The quantitative estimate of drug-likeness (QED) is 0.864. The Morgan fingerprint density at radius 2 is 2.26 bits per heavy atom. The van der Waals surface area contributed by atoms with Gasteiger partial charge in [-0.2, -0.15) is 0 Å². The minimum absolute atomic E-state index is 0.115. The molecule has 19 heavy (non-hydrogen) atoms. The molecule has 0 spiro atoms. The van der Waals surface area contributed by atoms with Crippen molar-refractivity contribution in [3.8, 4) is 5.75 Å². The number of carbonyl (C=O) groups is 1. The van der Waals surface area contributed by atoms with Crippen molar-refractivity contribution in [3.63, 3.8) is 0 Å². The van der Waals surface area contributed by atoms with Gasteiger partial charge in [0.1, 0.15) is 5.75 Å². The predicted octanol–water partition coefficient (Wildman–Crippen LogP) is 0.862. The zero-order valence-electron chi connectivity index (χ0n) is 10.9. The Labute approximate surface area is 120 Å². The number of halogens is 1. The fourth-order valence-corrected chi connectivity index (χ4v) is 2.74. The molecule has 2 rings (SSSR count). The number of hydrogen-bond donors (Lipinski definition) is 2. The number of hydrogen-bond acceptors (Lipinski definition) is 4. The molecule has 0 saturated carbocycles. The van der Waals surface area contributed by atoms with Gasteiger partial charge in [-0.05, 0) is 34.1 Å². The molecule has 0 aromatic heterocycles. The van der Waals surface area contributed by atoms with E-state index in [1.807, 2.05) is 0 Å². The van der Waals surface area contributed by atoms with Crippen molar-refractivity contribution in [2.24, 2.45) is 0 Å². The van der Waals surface area contributed by atoms with Crippen LogP contribution in [-0.4, -0.2) is 55.3 Å². The number of aliphatic hydroxyl groups excluding tert-OH is 1. The Morgan fingerprint density at radius 3 is 2.79 bits per heavy atom. The number of carbonyl (C=O) groups excluding carboxylic acids is 1. The maximum absolute atomic E-state index is 12.4. The van der Waals surface area contributed by atoms with E-state index in [2.05, 4.69) is 21.2 Å². The highest BCUT2D eigenvalue weighted by Gasteiger charge is 2.31. The SMILES string of the molecule is COc1ccc(C(=O)N(C)[C@H]2CNC[C@@H]2O)cc1Br. The van der Waals surface area contributed by atoms with Crippen LogP contribution in [0.15, 0.2) is 22.7 Å². The standard InChI is InChI=1S/C13H17BrN2O3/c1-16(10-6-15-7-11(10)17)13(18)8-3-4-12(19-2)9(14)5-8/h3-5,10-11,15,17H,6-7H2,1-2H3/t10-,11-/m0/s1.